The minimum Gasteiger partial charge on any atom is -0.463 e. The van der Waals surface area contributed by atoms with E-state index < -0.39 is 141 Å². The van der Waals surface area contributed by atoms with Crippen molar-refractivity contribution in [2.45, 2.75) is 208 Å². The Bertz CT molecular complexity index is 2460. The number of hydrogen-bond donors (Lipinski definition) is 0. The van der Waals surface area contributed by atoms with Crippen LogP contribution >= 0.6 is 0 Å². The van der Waals surface area contributed by atoms with Crippen LogP contribution in [0.5, 0.6) is 0 Å². The SMILES string of the molecule is CC/C=C\C/C=C\[C@H](OC(C)=O)[C@@H](/C=C/C=C\C/C=C\CCCC(=O)OCC(CO[C@@H]1O[C@H](COC(C)=O)[C@H](OC(C)=O)[C@H](OC(C)=O)[C@H]1OC(C)=O)OC(=O)CCC/C=C\C/C=C\C=C\[C@@H](OC(C)=O)[C@H](/C=C\C/C=C\CC)OC(C)=O)OC(C)=O. The number of unbranched alkanes of at least 4 members (excludes halogenated alkanes) is 2. The molecule has 0 bridgehead atoms. The van der Waals surface area contributed by atoms with E-state index in [1.54, 1.807) is 48.6 Å². The molecule has 1 unspecified atom stereocenters. The summed E-state index contributed by atoms with van der Waals surface area (Å²) in [5, 5.41) is 0. The Morgan fingerprint density at radius 1 is 0.391 bits per heavy atom. The van der Waals surface area contributed by atoms with E-state index in [0.29, 0.717) is 51.4 Å². The summed E-state index contributed by atoms with van der Waals surface area (Å²) in [6, 6.07) is 0. The van der Waals surface area contributed by atoms with E-state index in [1.165, 1.54) is 27.7 Å². The van der Waals surface area contributed by atoms with Crippen LogP contribution in [0, 0.1) is 0 Å². The van der Waals surface area contributed by atoms with Crippen LogP contribution < -0.4 is 0 Å². The number of allylic oxidation sites excluding steroid dienone is 16. The molecular weight excluding hydrogens is 1130 g/mol. The van der Waals surface area contributed by atoms with E-state index in [4.69, 9.17) is 56.8 Å². The minimum absolute atomic E-state index is 0.00725. The minimum atomic E-state index is -1.61. The van der Waals surface area contributed by atoms with Gasteiger partial charge in [0.15, 0.2) is 55.1 Å². The first-order chi connectivity index (χ1) is 41.6. The third-order valence-corrected chi connectivity index (χ3v) is 11.5. The molecule has 1 heterocycles. The van der Waals surface area contributed by atoms with E-state index in [9.17, 15) is 47.9 Å². The quantitative estimate of drug-likeness (QED) is 0.0181. The van der Waals surface area contributed by atoms with Crippen LogP contribution in [0.25, 0.3) is 0 Å². The molecule has 0 aliphatic carbocycles. The summed E-state index contributed by atoms with van der Waals surface area (Å²) in [7, 11) is 0. The van der Waals surface area contributed by atoms with Gasteiger partial charge >= 0.3 is 59.7 Å². The zero-order valence-corrected chi connectivity index (χ0v) is 51.9. The molecule has 482 valence electrons. The lowest BCUT2D eigenvalue weighted by atomic mass is 9.98. The predicted octanol–water partition coefficient (Wildman–Crippen LogP) is 9.55. The van der Waals surface area contributed by atoms with Crippen molar-refractivity contribution in [1.82, 2.24) is 0 Å². The Morgan fingerprint density at radius 3 is 1.24 bits per heavy atom. The molecule has 1 aliphatic heterocycles. The number of carbonyl (C=O) groups excluding carboxylic acids is 10. The van der Waals surface area contributed by atoms with Gasteiger partial charge in [0.1, 0.15) is 19.3 Å². The summed E-state index contributed by atoms with van der Waals surface area (Å²) in [6.45, 7) is 12.0. The smallest absolute Gasteiger partial charge is 0.306 e. The Labute approximate surface area is 511 Å². The molecule has 0 N–H and O–H groups in total. The van der Waals surface area contributed by atoms with E-state index in [-0.39, 0.29) is 12.8 Å². The Kier molecular flexibility index (Phi) is 41.8. The number of rotatable bonds is 41. The molecule has 1 saturated heterocycles. The normalized spacial score (nSPS) is 19.0. The Hall–Kier alpha value is -7.98. The summed E-state index contributed by atoms with van der Waals surface area (Å²) < 4.78 is 66.6. The van der Waals surface area contributed by atoms with E-state index in [1.807, 2.05) is 86.8 Å². The molecule has 0 amide bonds. The van der Waals surface area contributed by atoms with Gasteiger partial charge in [-0.25, -0.2) is 0 Å². The maximum atomic E-state index is 13.3. The monoisotopic (exact) mass is 1220 g/mol. The Morgan fingerprint density at radius 2 is 0.805 bits per heavy atom. The molecule has 1 fully saturated rings. The predicted molar refractivity (Wildman–Crippen MR) is 319 cm³/mol. The molecule has 1 rings (SSSR count). The third-order valence-electron chi connectivity index (χ3n) is 11.5. The second-order valence-electron chi connectivity index (χ2n) is 19.4. The van der Waals surface area contributed by atoms with Crippen molar-refractivity contribution < 1.29 is 105 Å². The van der Waals surface area contributed by atoms with Gasteiger partial charge in [0, 0.05) is 68.2 Å². The van der Waals surface area contributed by atoms with Crippen molar-refractivity contribution in [3.8, 4) is 0 Å². The van der Waals surface area contributed by atoms with Crippen LogP contribution in [-0.4, -0.2) is 141 Å². The molecule has 0 aromatic carbocycles. The first kappa shape index (κ1) is 77.0. The lowest BCUT2D eigenvalue weighted by Crippen LogP contribution is -2.63. The molecule has 0 aromatic heterocycles. The highest BCUT2D eigenvalue weighted by atomic mass is 16.7. The zero-order valence-electron chi connectivity index (χ0n) is 51.9. The standard InChI is InChI=1S/C65H90O22/c1-11-13-15-25-31-37-55(79-47(4)67)57(81-49(6)69)39-33-27-21-17-19-23-29-35-41-60(74)77-43-54(44-78-65-64(85-53(10)73)63(84-52(9)72)62(83-51(8)71)59(87-65)45-76-46(3)66)86-61(75)42-36-30-24-20-18-22-28-34-40-58(82-50(7)70)56(80-48(5)68)38-32-26-16-14-12-2/h13-16,19-24,27-28,31-34,37-40,54-59,62-65H,11-12,17-18,25-26,29-30,35-36,41-45H2,1-10H3/b15-13-,16-14-,23-19-,24-20-,27-21-,28-22-,37-31-,38-32-,39-33+,40-34+/t54?,55-,56-,57+,58+,59+,62-,63-,64+,65+/m0/s1. The zero-order chi connectivity index (χ0) is 64.8. The topological polar surface area (TPSA) is 281 Å². The van der Waals surface area contributed by atoms with Crippen molar-refractivity contribution in [2.24, 2.45) is 0 Å². The van der Waals surface area contributed by atoms with Gasteiger partial charge < -0.3 is 56.8 Å². The maximum absolute atomic E-state index is 13.3. The van der Waals surface area contributed by atoms with Crippen molar-refractivity contribution >= 4 is 59.7 Å². The molecule has 22 nitrogen and oxygen atoms in total. The van der Waals surface area contributed by atoms with Gasteiger partial charge in [-0.2, -0.15) is 0 Å². The summed E-state index contributed by atoms with van der Waals surface area (Å²) >= 11 is 0. The van der Waals surface area contributed by atoms with E-state index >= 15 is 0 Å². The van der Waals surface area contributed by atoms with Gasteiger partial charge in [0.05, 0.1) is 6.61 Å². The molecule has 10 atom stereocenters. The molecule has 0 aromatic rings. The van der Waals surface area contributed by atoms with Crippen molar-refractivity contribution in [2.75, 3.05) is 19.8 Å². The van der Waals surface area contributed by atoms with Crippen LogP contribution in [0.3, 0.4) is 0 Å². The molecule has 1 aliphatic rings. The van der Waals surface area contributed by atoms with E-state index in [0.717, 1.165) is 40.5 Å². The van der Waals surface area contributed by atoms with E-state index in [2.05, 4.69) is 0 Å². The van der Waals surface area contributed by atoms with Gasteiger partial charge in [-0.05, 0) is 88.5 Å². The number of ether oxygens (including phenoxy) is 12. The average molecular weight is 1220 g/mol. The van der Waals surface area contributed by atoms with Crippen LogP contribution in [0.4, 0.5) is 0 Å². The highest BCUT2D eigenvalue weighted by molar-refractivity contribution is 5.71. The largest absolute Gasteiger partial charge is 0.463 e. The fourth-order valence-electron chi connectivity index (χ4n) is 7.86. The van der Waals surface area contributed by atoms with Crippen LogP contribution in [0.2, 0.25) is 0 Å². The van der Waals surface area contributed by atoms with Crippen LogP contribution in [-0.2, 0) is 105 Å². The lowest BCUT2D eigenvalue weighted by molar-refractivity contribution is -0.311. The molecule has 0 radical (unpaired) electrons. The average Bonchev–Trinajstić information content (AvgIpc) is 1.01. The van der Waals surface area contributed by atoms with Gasteiger partial charge in [0.25, 0.3) is 0 Å². The number of esters is 10. The number of carbonyl (C=O) groups is 10. The van der Waals surface area contributed by atoms with Crippen LogP contribution in [0.1, 0.15) is 146 Å². The summed E-state index contributed by atoms with van der Waals surface area (Å²) in [4.78, 5) is 123. The van der Waals surface area contributed by atoms with Gasteiger partial charge in [0.2, 0.25) is 0 Å². The molecule has 0 spiro atoms. The molecular formula is C65H90O22. The van der Waals surface area contributed by atoms with Crippen molar-refractivity contribution in [1.29, 1.82) is 0 Å². The fraction of sp³-hybridized carbons (Fsp3) is 0.538. The summed E-state index contributed by atoms with van der Waals surface area (Å²) in [5.74, 6) is -6.69. The highest BCUT2D eigenvalue weighted by Crippen LogP contribution is 2.30. The van der Waals surface area contributed by atoms with Gasteiger partial charge in [-0.1, -0.05) is 111 Å². The Balaban J connectivity index is 3.17. The number of hydrogen-bond acceptors (Lipinski definition) is 22. The highest BCUT2D eigenvalue weighted by Gasteiger charge is 2.53. The summed E-state index contributed by atoms with van der Waals surface area (Å²) in [6.07, 6.45) is 29.9. The third kappa shape index (κ3) is 39.4. The van der Waals surface area contributed by atoms with Crippen molar-refractivity contribution in [3.63, 3.8) is 0 Å². The first-order valence-corrected chi connectivity index (χ1v) is 29.1. The molecule has 0 saturated carbocycles. The second-order valence-corrected chi connectivity index (χ2v) is 19.4. The summed E-state index contributed by atoms with van der Waals surface area (Å²) in [5.41, 5.74) is 0. The maximum Gasteiger partial charge on any atom is 0.306 e. The molecule has 87 heavy (non-hydrogen) atoms. The van der Waals surface area contributed by atoms with Crippen molar-refractivity contribution in [3.05, 3.63) is 122 Å². The molecule has 22 heteroatoms. The first-order valence-electron chi connectivity index (χ1n) is 29.1. The fourth-order valence-corrected chi connectivity index (χ4v) is 7.86. The van der Waals surface area contributed by atoms with Gasteiger partial charge in [-0.15, -0.1) is 0 Å². The van der Waals surface area contributed by atoms with Crippen LogP contribution in [0.15, 0.2) is 122 Å². The lowest BCUT2D eigenvalue weighted by Gasteiger charge is -2.44. The second kappa shape index (κ2) is 47.2. The van der Waals surface area contributed by atoms with Gasteiger partial charge in [-0.3, -0.25) is 47.9 Å².